The minimum absolute atomic E-state index is 0.156. The van der Waals surface area contributed by atoms with Crippen molar-refractivity contribution in [2.45, 2.75) is 19.5 Å². The second-order valence-corrected chi connectivity index (χ2v) is 3.81. The van der Waals surface area contributed by atoms with E-state index in [1.165, 1.54) is 11.6 Å². The lowest BCUT2D eigenvalue weighted by molar-refractivity contribution is 0.365. The highest BCUT2D eigenvalue weighted by molar-refractivity contribution is 5.26. The van der Waals surface area contributed by atoms with Crippen LogP contribution >= 0.6 is 0 Å². The molecule has 2 rings (SSSR count). The highest BCUT2D eigenvalue weighted by Gasteiger charge is 2.15. The zero-order valence-corrected chi connectivity index (χ0v) is 8.31. The summed E-state index contributed by atoms with van der Waals surface area (Å²) in [6.45, 7) is 4.86. The first-order valence-electron chi connectivity index (χ1n) is 4.95. The normalized spacial score (nSPS) is 16.7. The Morgan fingerprint density at radius 3 is 2.86 bits per heavy atom. The number of hydrogen-bond donors (Lipinski definition) is 2. The fourth-order valence-electron chi connectivity index (χ4n) is 1.54. The summed E-state index contributed by atoms with van der Waals surface area (Å²) in [5, 5.41) is 6.61. The molecule has 0 saturated carbocycles. The van der Waals surface area contributed by atoms with E-state index in [0.717, 1.165) is 25.2 Å². The van der Waals surface area contributed by atoms with E-state index in [9.17, 15) is 4.39 Å². The molecule has 2 nitrogen and oxygen atoms in total. The number of rotatable bonds is 3. The van der Waals surface area contributed by atoms with Crippen LogP contribution in [0.4, 0.5) is 4.39 Å². The predicted octanol–water partition coefficient (Wildman–Crippen LogP) is 1.20. The van der Waals surface area contributed by atoms with E-state index in [2.05, 4.69) is 10.6 Å². The van der Waals surface area contributed by atoms with Gasteiger partial charge in [0.25, 0.3) is 0 Å². The number of halogens is 1. The van der Waals surface area contributed by atoms with Crippen LogP contribution in [-0.2, 0) is 6.54 Å². The molecule has 1 heterocycles. The van der Waals surface area contributed by atoms with E-state index >= 15 is 0 Å². The third kappa shape index (κ3) is 2.11. The Kier molecular flexibility index (Phi) is 2.79. The molecule has 0 spiro atoms. The van der Waals surface area contributed by atoms with Crippen molar-refractivity contribution in [3.05, 3.63) is 35.1 Å². The second-order valence-electron chi connectivity index (χ2n) is 3.81. The number of nitrogens with one attached hydrogen (secondary N) is 2. The molecule has 1 aliphatic rings. The van der Waals surface area contributed by atoms with Crippen molar-refractivity contribution in [1.29, 1.82) is 0 Å². The maximum atomic E-state index is 12.8. The summed E-state index contributed by atoms with van der Waals surface area (Å²) in [6.07, 6.45) is 0. The third-order valence-electron chi connectivity index (χ3n) is 2.67. The molecule has 1 aromatic rings. The van der Waals surface area contributed by atoms with E-state index in [0.29, 0.717) is 6.04 Å². The monoisotopic (exact) mass is 194 g/mol. The summed E-state index contributed by atoms with van der Waals surface area (Å²) in [7, 11) is 0. The van der Waals surface area contributed by atoms with E-state index in [1.807, 2.05) is 13.0 Å². The van der Waals surface area contributed by atoms with Crippen molar-refractivity contribution in [1.82, 2.24) is 10.6 Å². The molecule has 1 aromatic carbocycles. The summed E-state index contributed by atoms with van der Waals surface area (Å²) >= 11 is 0. The summed E-state index contributed by atoms with van der Waals surface area (Å²) < 4.78 is 12.8. The lowest BCUT2D eigenvalue weighted by atomic mass is 10.1. The number of benzene rings is 1. The smallest absolute Gasteiger partial charge is 0.123 e. The molecule has 0 unspecified atom stereocenters. The molecule has 0 aromatic heterocycles. The summed E-state index contributed by atoms with van der Waals surface area (Å²) in [5.41, 5.74) is 2.20. The molecule has 0 bridgehead atoms. The van der Waals surface area contributed by atoms with Crippen LogP contribution in [0.3, 0.4) is 0 Å². The van der Waals surface area contributed by atoms with Crippen LogP contribution in [0.15, 0.2) is 18.2 Å². The molecule has 1 aliphatic heterocycles. The van der Waals surface area contributed by atoms with Gasteiger partial charge < -0.3 is 10.6 Å². The van der Waals surface area contributed by atoms with Gasteiger partial charge in [-0.1, -0.05) is 6.07 Å². The quantitative estimate of drug-likeness (QED) is 0.755. The van der Waals surface area contributed by atoms with Crippen molar-refractivity contribution in [2.75, 3.05) is 13.1 Å². The van der Waals surface area contributed by atoms with E-state index in [4.69, 9.17) is 0 Å². The average molecular weight is 194 g/mol. The van der Waals surface area contributed by atoms with Crippen LogP contribution in [0.25, 0.3) is 0 Å². The Hall–Kier alpha value is -0.930. The van der Waals surface area contributed by atoms with Crippen molar-refractivity contribution in [2.24, 2.45) is 0 Å². The van der Waals surface area contributed by atoms with Gasteiger partial charge >= 0.3 is 0 Å². The van der Waals surface area contributed by atoms with Crippen molar-refractivity contribution >= 4 is 0 Å². The van der Waals surface area contributed by atoms with E-state index in [-0.39, 0.29) is 5.82 Å². The molecule has 14 heavy (non-hydrogen) atoms. The molecular formula is C11H15FN2. The fourth-order valence-corrected chi connectivity index (χ4v) is 1.54. The molecule has 0 radical (unpaired) electrons. The molecule has 2 N–H and O–H groups in total. The minimum atomic E-state index is -0.156. The van der Waals surface area contributed by atoms with Gasteiger partial charge in [-0.3, -0.25) is 0 Å². The lowest BCUT2D eigenvalue weighted by Crippen LogP contribution is -2.55. The molecule has 3 heteroatoms. The Bertz CT molecular complexity index is 321. The maximum absolute atomic E-state index is 12.8. The Morgan fingerprint density at radius 1 is 1.50 bits per heavy atom. The maximum Gasteiger partial charge on any atom is 0.123 e. The Morgan fingerprint density at radius 2 is 2.29 bits per heavy atom. The molecule has 0 aliphatic carbocycles. The zero-order valence-electron chi connectivity index (χ0n) is 8.31. The fraction of sp³-hybridized carbons (Fsp3) is 0.455. The van der Waals surface area contributed by atoms with Crippen LogP contribution in [0.1, 0.15) is 11.1 Å². The van der Waals surface area contributed by atoms with E-state index in [1.54, 1.807) is 6.07 Å². The summed E-state index contributed by atoms with van der Waals surface area (Å²) in [4.78, 5) is 0. The van der Waals surface area contributed by atoms with Crippen LogP contribution in [0.5, 0.6) is 0 Å². The molecular weight excluding hydrogens is 179 g/mol. The first-order valence-corrected chi connectivity index (χ1v) is 4.95. The SMILES string of the molecule is Cc1cc(F)ccc1CNC1CNC1. The van der Waals surface area contributed by atoms with Gasteiger partial charge in [-0.15, -0.1) is 0 Å². The summed E-state index contributed by atoms with van der Waals surface area (Å²) in [5.74, 6) is -0.156. The van der Waals surface area contributed by atoms with Crippen molar-refractivity contribution in [3.8, 4) is 0 Å². The first-order chi connectivity index (χ1) is 6.75. The van der Waals surface area contributed by atoms with Gasteiger partial charge in [0.1, 0.15) is 5.82 Å². The van der Waals surface area contributed by atoms with E-state index < -0.39 is 0 Å². The zero-order chi connectivity index (χ0) is 9.97. The predicted molar refractivity (Wildman–Crippen MR) is 54.6 cm³/mol. The highest BCUT2D eigenvalue weighted by Crippen LogP contribution is 2.10. The van der Waals surface area contributed by atoms with Crippen molar-refractivity contribution in [3.63, 3.8) is 0 Å². The molecule has 0 amide bonds. The second kappa shape index (κ2) is 4.07. The van der Waals surface area contributed by atoms with Crippen LogP contribution in [0.2, 0.25) is 0 Å². The van der Waals surface area contributed by atoms with Gasteiger partial charge in [-0.05, 0) is 30.2 Å². The molecule has 0 atom stereocenters. The topological polar surface area (TPSA) is 24.1 Å². The number of hydrogen-bond acceptors (Lipinski definition) is 2. The minimum Gasteiger partial charge on any atom is -0.314 e. The first kappa shape index (κ1) is 9.62. The molecule has 1 fully saturated rings. The van der Waals surface area contributed by atoms with Crippen LogP contribution in [-0.4, -0.2) is 19.1 Å². The van der Waals surface area contributed by atoms with Gasteiger partial charge in [0.05, 0.1) is 0 Å². The number of aryl methyl sites for hydroxylation is 1. The van der Waals surface area contributed by atoms with Crippen LogP contribution < -0.4 is 10.6 Å². The lowest BCUT2D eigenvalue weighted by Gasteiger charge is -2.28. The van der Waals surface area contributed by atoms with Crippen LogP contribution in [0, 0.1) is 12.7 Å². The standard InChI is InChI=1S/C11H15FN2/c1-8-4-10(12)3-2-9(8)5-14-11-6-13-7-11/h2-4,11,13-14H,5-7H2,1H3. The average Bonchev–Trinajstić information content (AvgIpc) is 2.05. The largest absolute Gasteiger partial charge is 0.314 e. The van der Waals surface area contributed by atoms with Gasteiger partial charge in [-0.2, -0.15) is 0 Å². The van der Waals surface area contributed by atoms with Crippen molar-refractivity contribution < 1.29 is 4.39 Å². The van der Waals surface area contributed by atoms with Gasteiger partial charge in [0.2, 0.25) is 0 Å². The molecule has 1 saturated heterocycles. The van der Waals surface area contributed by atoms with Gasteiger partial charge in [-0.25, -0.2) is 4.39 Å². The van der Waals surface area contributed by atoms with Gasteiger partial charge in [0, 0.05) is 25.7 Å². The third-order valence-corrected chi connectivity index (χ3v) is 2.67. The summed E-state index contributed by atoms with van der Waals surface area (Å²) in [6, 6.07) is 5.53. The molecule has 76 valence electrons. The Balaban J connectivity index is 1.94. The highest BCUT2D eigenvalue weighted by atomic mass is 19.1. The van der Waals surface area contributed by atoms with Gasteiger partial charge in [0.15, 0.2) is 0 Å². The Labute approximate surface area is 83.5 Å².